The lowest BCUT2D eigenvalue weighted by atomic mass is 9.71. The van der Waals surface area contributed by atoms with Crippen LogP contribution in [0.4, 0.5) is 0 Å². The van der Waals surface area contributed by atoms with Gasteiger partial charge in [-0.1, -0.05) is 0 Å². The monoisotopic (exact) mass is 328 g/mol. The number of nitrogens with zero attached hydrogens (tertiary/aromatic N) is 3. The molecule has 24 heavy (non-hydrogen) atoms. The fraction of sp³-hybridized carbons (Fsp3) is 0.529. The molecule has 7 heteroatoms. The molecule has 0 saturated heterocycles. The summed E-state index contributed by atoms with van der Waals surface area (Å²) in [5.41, 5.74) is 1.76. The summed E-state index contributed by atoms with van der Waals surface area (Å²) < 4.78 is 1.61. The van der Waals surface area contributed by atoms with Crippen LogP contribution in [0.1, 0.15) is 24.8 Å². The summed E-state index contributed by atoms with van der Waals surface area (Å²) >= 11 is 0. The van der Waals surface area contributed by atoms with E-state index < -0.39 is 5.97 Å². The number of carboxylic acids is 1. The van der Waals surface area contributed by atoms with Gasteiger partial charge in [0, 0.05) is 17.6 Å². The molecule has 2 saturated carbocycles. The largest absolute Gasteiger partial charge is 0.481 e. The number of fused-ring (bicyclic) bond motifs is 2. The maximum Gasteiger partial charge on any atom is 0.306 e. The van der Waals surface area contributed by atoms with Gasteiger partial charge in [-0.05, 0) is 49.7 Å². The zero-order valence-corrected chi connectivity index (χ0v) is 13.5. The molecule has 0 aromatic carbocycles. The van der Waals surface area contributed by atoms with Crippen LogP contribution in [-0.4, -0.2) is 37.8 Å². The number of carboxylic acid groups (broad SMARTS) is 1. The van der Waals surface area contributed by atoms with E-state index in [1.807, 2.05) is 13.0 Å². The first kappa shape index (κ1) is 15.1. The summed E-state index contributed by atoms with van der Waals surface area (Å²) in [6.45, 7) is 2.10. The number of hydrogen-bond acceptors (Lipinski definition) is 4. The van der Waals surface area contributed by atoms with Gasteiger partial charge in [0.15, 0.2) is 5.65 Å². The maximum absolute atomic E-state index is 12.3. The fourth-order valence-electron chi connectivity index (χ4n) is 4.18. The molecule has 0 spiro atoms. The van der Waals surface area contributed by atoms with E-state index in [-0.39, 0.29) is 24.4 Å². The summed E-state index contributed by atoms with van der Waals surface area (Å²) in [7, 11) is 0. The van der Waals surface area contributed by atoms with Crippen molar-refractivity contribution in [1.29, 1.82) is 0 Å². The van der Waals surface area contributed by atoms with E-state index in [2.05, 4.69) is 15.4 Å². The van der Waals surface area contributed by atoms with Crippen molar-refractivity contribution in [2.75, 3.05) is 0 Å². The molecule has 4 atom stereocenters. The summed E-state index contributed by atoms with van der Waals surface area (Å²) in [6.07, 6.45) is 5.79. The molecule has 4 rings (SSSR count). The van der Waals surface area contributed by atoms with Crippen molar-refractivity contribution in [3.63, 3.8) is 0 Å². The molecule has 0 aliphatic heterocycles. The molecular formula is C17H20N4O3. The van der Waals surface area contributed by atoms with Crippen LogP contribution >= 0.6 is 0 Å². The van der Waals surface area contributed by atoms with Gasteiger partial charge in [-0.25, -0.2) is 9.67 Å². The predicted octanol–water partition coefficient (Wildman–Crippen LogP) is 1.36. The Labute approximate surface area is 139 Å². The van der Waals surface area contributed by atoms with Gasteiger partial charge in [0.05, 0.1) is 12.1 Å². The number of carbonyl (C=O) groups excluding carboxylic acids is 1. The summed E-state index contributed by atoms with van der Waals surface area (Å²) in [6, 6.07) is 2.09. The van der Waals surface area contributed by atoms with Crippen LogP contribution in [0.2, 0.25) is 0 Å². The number of rotatable bonds is 4. The minimum Gasteiger partial charge on any atom is -0.481 e. The highest BCUT2D eigenvalue weighted by molar-refractivity contribution is 5.80. The first-order chi connectivity index (χ1) is 11.5. The standard InChI is InChI=1S/C17H20N4O3/c1-9-2-12-7-19-21(16(12)18-6-9)8-15(22)20-14-5-10-3-11(17(23)24)4-13(10)14/h2,6-7,10-11,13-14H,3-5,8H2,1H3,(H,20,22)(H,23,24)/t10-,11?,13-,14+/m0/s1. The normalized spacial score (nSPS) is 28.4. The predicted molar refractivity (Wildman–Crippen MR) is 86.2 cm³/mol. The van der Waals surface area contributed by atoms with Crippen LogP contribution in [0.5, 0.6) is 0 Å². The second-order valence-corrected chi connectivity index (χ2v) is 7.07. The van der Waals surface area contributed by atoms with Crippen molar-refractivity contribution in [3.8, 4) is 0 Å². The second-order valence-electron chi connectivity index (χ2n) is 7.07. The first-order valence-electron chi connectivity index (χ1n) is 8.31. The van der Waals surface area contributed by atoms with Gasteiger partial charge in [0.25, 0.3) is 0 Å². The van der Waals surface area contributed by atoms with Crippen LogP contribution < -0.4 is 5.32 Å². The molecule has 126 valence electrons. The lowest BCUT2D eigenvalue weighted by Crippen LogP contribution is -2.51. The summed E-state index contributed by atoms with van der Waals surface area (Å²) in [5.74, 6) is -0.287. The van der Waals surface area contributed by atoms with E-state index in [0.29, 0.717) is 23.9 Å². The van der Waals surface area contributed by atoms with Crippen molar-refractivity contribution in [2.45, 2.75) is 38.8 Å². The van der Waals surface area contributed by atoms with E-state index in [0.717, 1.165) is 23.8 Å². The number of hydrogen-bond donors (Lipinski definition) is 2. The highest BCUT2D eigenvalue weighted by Gasteiger charge is 2.49. The van der Waals surface area contributed by atoms with Gasteiger partial charge in [0.2, 0.25) is 5.91 Å². The molecule has 0 radical (unpaired) electrons. The van der Waals surface area contributed by atoms with Crippen molar-refractivity contribution < 1.29 is 14.7 Å². The minimum absolute atomic E-state index is 0.0930. The van der Waals surface area contributed by atoms with E-state index in [9.17, 15) is 9.59 Å². The Balaban J connectivity index is 1.38. The third-order valence-corrected chi connectivity index (χ3v) is 5.42. The SMILES string of the molecule is Cc1cnc2c(cnn2CC(=O)N[C@@H]2C[C@@H]3CC(C(=O)O)C[C@@H]32)c1. The molecule has 2 heterocycles. The Morgan fingerprint density at radius 2 is 2.17 bits per heavy atom. The van der Waals surface area contributed by atoms with Crippen LogP contribution in [0.15, 0.2) is 18.5 Å². The van der Waals surface area contributed by atoms with Gasteiger partial charge in [-0.3, -0.25) is 9.59 Å². The maximum atomic E-state index is 12.3. The second kappa shape index (κ2) is 5.58. The number of pyridine rings is 1. The van der Waals surface area contributed by atoms with Gasteiger partial charge in [0.1, 0.15) is 6.54 Å². The minimum atomic E-state index is -0.709. The average Bonchev–Trinajstić information content (AvgIpc) is 3.06. The highest BCUT2D eigenvalue weighted by atomic mass is 16.4. The van der Waals surface area contributed by atoms with E-state index in [1.165, 1.54) is 0 Å². The lowest BCUT2D eigenvalue weighted by Gasteiger charge is -2.40. The number of nitrogens with one attached hydrogen (secondary N) is 1. The number of carbonyl (C=O) groups is 2. The molecule has 2 aromatic rings. The third-order valence-electron chi connectivity index (χ3n) is 5.42. The van der Waals surface area contributed by atoms with Crippen molar-refractivity contribution >= 4 is 22.9 Å². The first-order valence-corrected chi connectivity index (χ1v) is 8.31. The molecule has 7 nitrogen and oxygen atoms in total. The molecule has 0 bridgehead atoms. The van der Waals surface area contributed by atoms with Crippen LogP contribution in [0.25, 0.3) is 11.0 Å². The van der Waals surface area contributed by atoms with Crippen molar-refractivity contribution in [3.05, 3.63) is 24.0 Å². The van der Waals surface area contributed by atoms with Gasteiger partial charge in [-0.2, -0.15) is 5.10 Å². The Hall–Kier alpha value is -2.44. The van der Waals surface area contributed by atoms with Crippen LogP contribution in [0, 0.1) is 24.7 Å². The van der Waals surface area contributed by atoms with E-state index >= 15 is 0 Å². The molecule has 2 fully saturated rings. The van der Waals surface area contributed by atoms with Crippen LogP contribution in [0.3, 0.4) is 0 Å². The quantitative estimate of drug-likeness (QED) is 0.883. The summed E-state index contributed by atoms with van der Waals surface area (Å²) in [4.78, 5) is 27.8. The fourth-order valence-corrected chi connectivity index (χ4v) is 4.18. The zero-order valence-electron chi connectivity index (χ0n) is 13.5. The molecule has 2 aliphatic rings. The highest BCUT2D eigenvalue weighted by Crippen LogP contribution is 2.49. The molecule has 2 aromatic heterocycles. The molecule has 2 N–H and O–H groups in total. The summed E-state index contributed by atoms with van der Waals surface area (Å²) in [5, 5.41) is 17.3. The Kier molecular flexibility index (Phi) is 3.51. The van der Waals surface area contributed by atoms with Crippen molar-refractivity contribution in [1.82, 2.24) is 20.1 Å². The van der Waals surface area contributed by atoms with Crippen LogP contribution in [-0.2, 0) is 16.1 Å². The number of aromatic nitrogens is 3. The Bertz CT molecular complexity index is 815. The molecular weight excluding hydrogens is 308 g/mol. The number of aryl methyl sites for hydroxylation is 1. The van der Waals surface area contributed by atoms with Gasteiger partial charge >= 0.3 is 5.97 Å². The Morgan fingerprint density at radius 3 is 2.96 bits per heavy atom. The van der Waals surface area contributed by atoms with Crippen molar-refractivity contribution in [2.24, 2.45) is 17.8 Å². The smallest absolute Gasteiger partial charge is 0.306 e. The number of aliphatic carboxylic acids is 1. The molecule has 2 aliphatic carbocycles. The average molecular weight is 328 g/mol. The lowest BCUT2D eigenvalue weighted by molar-refractivity contribution is -0.141. The van der Waals surface area contributed by atoms with E-state index in [1.54, 1.807) is 17.1 Å². The molecule has 1 amide bonds. The topological polar surface area (TPSA) is 97.1 Å². The molecule has 1 unspecified atom stereocenters. The number of amides is 1. The van der Waals surface area contributed by atoms with E-state index in [4.69, 9.17) is 5.11 Å². The van der Waals surface area contributed by atoms with Gasteiger partial charge in [-0.15, -0.1) is 0 Å². The van der Waals surface area contributed by atoms with Gasteiger partial charge < -0.3 is 10.4 Å². The zero-order chi connectivity index (χ0) is 16.8. The third kappa shape index (κ3) is 2.53. The Morgan fingerprint density at radius 1 is 1.33 bits per heavy atom.